The largest absolute Gasteiger partial charge is 0.374 e. The predicted molar refractivity (Wildman–Crippen MR) is 102 cm³/mol. The van der Waals surface area contributed by atoms with Crippen LogP contribution in [0.5, 0.6) is 0 Å². The molecule has 0 radical (unpaired) electrons. The van der Waals surface area contributed by atoms with E-state index in [0.29, 0.717) is 16.8 Å². The van der Waals surface area contributed by atoms with Gasteiger partial charge in [-0.15, -0.1) is 0 Å². The Morgan fingerprint density at radius 2 is 1.96 bits per heavy atom. The Morgan fingerprint density at radius 3 is 2.62 bits per heavy atom. The van der Waals surface area contributed by atoms with Crippen molar-refractivity contribution >= 4 is 15.7 Å². The first-order valence-corrected chi connectivity index (χ1v) is 11.2. The number of ether oxygens (including phenoxy) is 1. The first-order valence-electron chi connectivity index (χ1n) is 9.32. The lowest BCUT2D eigenvalue weighted by Gasteiger charge is -2.40. The van der Waals surface area contributed by atoms with Crippen LogP contribution in [0.25, 0.3) is 0 Å². The van der Waals surface area contributed by atoms with Gasteiger partial charge in [-0.2, -0.15) is 0 Å². The summed E-state index contributed by atoms with van der Waals surface area (Å²) in [6.45, 7) is 11.5. The summed E-state index contributed by atoms with van der Waals surface area (Å²) >= 11 is 0. The van der Waals surface area contributed by atoms with Crippen molar-refractivity contribution in [1.82, 2.24) is 14.8 Å². The summed E-state index contributed by atoms with van der Waals surface area (Å²) < 4.78 is 30.0. The Kier molecular flexibility index (Phi) is 6.17. The van der Waals surface area contributed by atoms with Crippen LogP contribution in [0, 0.1) is 0 Å². The third-order valence-corrected chi connectivity index (χ3v) is 6.30. The number of nitrogens with zero attached hydrogens (tertiary/aromatic N) is 4. The molecule has 146 valence electrons. The summed E-state index contributed by atoms with van der Waals surface area (Å²) in [5.74, 6) is 0.578. The average Bonchev–Trinajstić information content (AvgIpc) is 2.62. The van der Waals surface area contributed by atoms with E-state index >= 15 is 0 Å². The van der Waals surface area contributed by atoms with Gasteiger partial charge < -0.3 is 9.64 Å². The van der Waals surface area contributed by atoms with Crippen molar-refractivity contribution in [3.63, 3.8) is 0 Å². The van der Waals surface area contributed by atoms with Gasteiger partial charge in [0.25, 0.3) is 0 Å². The summed E-state index contributed by atoms with van der Waals surface area (Å²) in [5, 5.41) is 0. The minimum Gasteiger partial charge on any atom is -0.374 e. The maximum Gasteiger partial charge on any atom is 0.179 e. The van der Waals surface area contributed by atoms with Crippen molar-refractivity contribution in [3.05, 3.63) is 18.3 Å². The quantitative estimate of drug-likeness (QED) is 0.743. The lowest BCUT2D eigenvalue weighted by molar-refractivity contribution is -0.0525. The number of pyridine rings is 1. The van der Waals surface area contributed by atoms with Crippen molar-refractivity contribution in [2.75, 3.05) is 63.6 Å². The molecule has 2 aliphatic heterocycles. The number of hydrogen-bond acceptors (Lipinski definition) is 7. The summed E-state index contributed by atoms with van der Waals surface area (Å²) in [6, 6.07) is 3.87. The number of sulfone groups is 1. The molecule has 26 heavy (non-hydrogen) atoms. The Labute approximate surface area is 156 Å². The van der Waals surface area contributed by atoms with Gasteiger partial charge in [0.1, 0.15) is 10.7 Å². The van der Waals surface area contributed by atoms with Gasteiger partial charge in [-0.25, -0.2) is 13.4 Å². The minimum atomic E-state index is -3.28. The zero-order valence-corrected chi connectivity index (χ0v) is 16.8. The molecule has 1 unspecified atom stereocenters. The third kappa shape index (κ3) is 4.73. The van der Waals surface area contributed by atoms with Crippen LogP contribution in [-0.2, 0) is 14.6 Å². The molecule has 1 aromatic heterocycles. The van der Waals surface area contributed by atoms with Gasteiger partial charge in [-0.3, -0.25) is 9.80 Å². The van der Waals surface area contributed by atoms with E-state index in [1.54, 1.807) is 18.3 Å². The number of anilines is 1. The van der Waals surface area contributed by atoms with Crippen LogP contribution < -0.4 is 4.90 Å². The molecule has 0 aromatic carbocycles. The second-order valence-electron chi connectivity index (χ2n) is 7.47. The van der Waals surface area contributed by atoms with Crippen molar-refractivity contribution in [2.24, 2.45) is 0 Å². The monoisotopic (exact) mass is 382 g/mol. The minimum absolute atomic E-state index is 0.249. The molecule has 8 heteroatoms. The van der Waals surface area contributed by atoms with E-state index in [0.717, 1.165) is 52.4 Å². The molecule has 1 aromatic rings. The fourth-order valence-electron chi connectivity index (χ4n) is 3.66. The van der Waals surface area contributed by atoms with Crippen LogP contribution in [0.2, 0.25) is 0 Å². The highest BCUT2D eigenvalue weighted by atomic mass is 32.2. The lowest BCUT2D eigenvalue weighted by Crippen LogP contribution is -2.53. The van der Waals surface area contributed by atoms with Crippen LogP contribution in [0.15, 0.2) is 23.2 Å². The fraction of sp³-hybridized carbons (Fsp3) is 0.722. The Morgan fingerprint density at radius 1 is 1.23 bits per heavy atom. The normalized spacial score (nSPS) is 23.5. The zero-order valence-electron chi connectivity index (χ0n) is 16.0. The van der Waals surface area contributed by atoms with Gasteiger partial charge in [-0.1, -0.05) is 0 Å². The van der Waals surface area contributed by atoms with Crippen molar-refractivity contribution in [2.45, 2.75) is 30.9 Å². The van der Waals surface area contributed by atoms with E-state index in [2.05, 4.69) is 33.5 Å². The summed E-state index contributed by atoms with van der Waals surface area (Å²) in [5.41, 5.74) is 0. The second kappa shape index (κ2) is 8.21. The van der Waals surface area contributed by atoms with Gasteiger partial charge in [0.05, 0.1) is 12.7 Å². The van der Waals surface area contributed by atoms with Crippen molar-refractivity contribution in [3.8, 4) is 0 Å². The van der Waals surface area contributed by atoms with Gasteiger partial charge in [0.15, 0.2) is 9.84 Å². The van der Waals surface area contributed by atoms with Crippen LogP contribution in [0.4, 0.5) is 5.82 Å². The Balaban J connectivity index is 1.57. The van der Waals surface area contributed by atoms with Gasteiger partial charge >= 0.3 is 0 Å². The first-order chi connectivity index (χ1) is 12.3. The van der Waals surface area contributed by atoms with Gasteiger partial charge in [-0.05, 0) is 26.0 Å². The second-order valence-corrected chi connectivity index (χ2v) is 9.45. The predicted octanol–water partition coefficient (Wildman–Crippen LogP) is 0.716. The van der Waals surface area contributed by atoms with E-state index in [4.69, 9.17) is 4.74 Å². The van der Waals surface area contributed by atoms with Crippen LogP contribution in [0.3, 0.4) is 0 Å². The fourth-order valence-corrected chi connectivity index (χ4v) is 4.50. The standard InChI is InChI=1S/C18H30N4O3S/c1-15(2)22-11-12-25-16(14-22)13-20-7-9-21(10-8-20)18-17(26(3,23)24)5-4-6-19-18/h4-6,15-16H,7-14H2,1-3H3. The number of aromatic nitrogens is 1. The third-order valence-electron chi connectivity index (χ3n) is 5.18. The molecule has 0 bridgehead atoms. The zero-order chi connectivity index (χ0) is 18.7. The van der Waals surface area contributed by atoms with E-state index < -0.39 is 9.84 Å². The van der Waals surface area contributed by atoms with E-state index in [1.165, 1.54) is 6.26 Å². The highest BCUT2D eigenvalue weighted by Gasteiger charge is 2.27. The number of morpholine rings is 1. The van der Waals surface area contributed by atoms with Crippen LogP contribution >= 0.6 is 0 Å². The molecular formula is C18H30N4O3S. The molecular weight excluding hydrogens is 352 g/mol. The average molecular weight is 383 g/mol. The Hall–Kier alpha value is -1.22. The molecule has 7 nitrogen and oxygen atoms in total. The SMILES string of the molecule is CC(C)N1CCOC(CN2CCN(c3ncccc3S(C)(=O)=O)CC2)C1. The van der Waals surface area contributed by atoms with Gasteiger partial charge in [0.2, 0.25) is 0 Å². The Bertz CT molecular complexity index is 702. The molecule has 3 heterocycles. The number of rotatable bonds is 5. The van der Waals surface area contributed by atoms with E-state index in [1.807, 2.05) is 0 Å². The molecule has 3 rings (SSSR count). The molecule has 1 atom stereocenters. The molecule has 0 amide bonds. The van der Waals surface area contributed by atoms with Crippen molar-refractivity contribution < 1.29 is 13.2 Å². The molecule has 2 saturated heterocycles. The highest BCUT2D eigenvalue weighted by Crippen LogP contribution is 2.23. The van der Waals surface area contributed by atoms with Crippen LogP contribution in [-0.4, -0.2) is 94.0 Å². The highest BCUT2D eigenvalue weighted by molar-refractivity contribution is 7.90. The smallest absolute Gasteiger partial charge is 0.179 e. The molecule has 0 saturated carbocycles. The number of piperazine rings is 1. The van der Waals surface area contributed by atoms with Crippen molar-refractivity contribution in [1.29, 1.82) is 0 Å². The molecule has 2 aliphatic rings. The summed E-state index contributed by atoms with van der Waals surface area (Å²) in [7, 11) is -3.28. The topological polar surface area (TPSA) is 66.0 Å². The lowest BCUT2D eigenvalue weighted by atomic mass is 10.2. The molecule has 2 fully saturated rings. The molecule has 0 spiro atoms. The molecule has 0 N–H and O–H groups in total. The molecule has 0 aliphatic carbocycles. The summed E-state index contributed by atoms with van der Waals surface area (Å²) in [4.78, 5) is 11.6. The van der Waals surface area contributed by atoms with E-state index in [-0.39, 0.29) is 6.10 Å². The van der Waals surface area contributed by atoms with Gasteiger partial charge in [0, 0.05) is 64.3 Å². The maximum atomic E-state index is 12.0. The van der Waals surface area contributed by atoms with Crippen LogP contribution in [0.1, 0.15) is 13.8 Å². The van der Waals surface area contributed by atoms with E-state index in [9.17, 15) is 8.42 Å². The maximum absolute atomic E-state index is 12.0. The summed E-state index contributed by atoms with van der Waals surface area (Å²) in [6.07, 6.45) is 3.15. The first kappa shape index (κ1) is 19.5. The number of hydrogen-bond donors (Lipinski definition) is 0.